The van der Waals surface area contributed by atoms with Crippen LogP contribution in [-0.4, -0.2) is 17.6 Å². The first-order chi connectivity index (χ1) is 7.02. The van der Waals surface area contributed by atoms with Crippen LogP contribution in [0, 0.1) is 10.9 Å². The van der Waals surface area contributed by atoms with Crippen molar-refractivity contribution in [1.29, 1.82) is 0 Å². The van der Waals surface area contributed by atoms with Gasteiger partial charge in [0.2, 0.25) is 0 Å². The van der Waals surface area contributed by atoms with E-state index < -0.39 is 0 Å². The molecule has 0 spiro atoms. The van der Waals surface area contributed by atoms with Crippen LogP contribution in [0.25, 0.3) is 0 Å². The fourth-order valence-corrected chi connectivity index (χ4v) is 3.24. The van der Waals surface area contributed by atoms with E-state index >= 15 is 0 Å². The SMILES string of the molecule is CCc1c(C)sc(=S)n1C(C)C(=O)OC. The van der Waals surface area contributed by atoms with E-state index in [2.05, 4.69) is 6.92 Å². The second-order valence-electron chi connectivity index (χ2n) is 3.29. The molecule has 1 rings (SSSR count). The van der Waals surface area contributed by atoms with Crippen LogP contribution in [0.3, 0.4) is 0 Å². The molecule has 0 aliphatic rings. The van der Waals surface area contributed by atoms with Crippen LogP contribution in [0.15, 0.2) is 0 Å². The van der Waals surface area contributed by atoms with Gasteiger partial charge in [-0.05, 0) is 32.5 Å². The molecule has 1 aromatic heterocycles. The van der Waals surface area contributed by atoms with Crippen molar-refractivity contribution in [2.75, 3.05) is 7.11 Å². The zero-order chi connectivity index (χ0) is 11.6. The van der Waals surface area contributed by atoms with Gasteiger partial charge in [0, 0.05) is 10.6 Å². The van der Waals surface area contributed by atoms with E-state index in [1.165, 1.54) is 12.0 Å². The second-order valence-corrected chi connectivity index (χ2v) is 5.14. The molecule has 0 saturated heterocycles. The zero-order valence-electron chi connectivity index (χ0n) is 9.36. The first-order valence-electron chi connectivity index (χ1n) is 4.81. The highest BCUT2D eigenvalue weighted by atomic mass is 32.1. The Labute approximate surface area is 98.7 Å². The number of rotatable bonds is 3. The Morgan fingerprint density at radius 2 is 2.27 bits per heavy atom. The first-order valence-corrected chi connectivity index (χ1v) is 6.04. The molecule has 0 radical (unpaired) electrons. The highest BCUT2D eigenvalue weighted by Crippen LogP contribution is 2.23. The maximum absolute atomic E-state index is 11.5. The number of ether oxygens (including phenoxy) is 1. The van der Waals surface area contributed by atoms with Crippen LogP contribution in [0.1, 0.15) is 30.5 Å². The lowest BCUT2D eigenvalue weighted by Crippen LogP contribution is -2.19. The van der Waals surface area contributed by atoms with Crippen molar-refractivity contribution in [1.82, 2.24) is 4.57 Å². The molecule has 0 fully saturated rings. The normalized spacial score (nSPS) is 12.5. The second kappa shape index (κ2) is 4.90. The summed E-state index contributed by atoms with van der Waals surface area (Å²) in [6.45, 7) is 5.90. The minimum absolute atomic E-state index is 0.251. The number of esters is 1. The summed E-state index contributed by atoms with van der Waals surface area (Å²) < 4.78 is 7.36. The lowest BCUT2D eigenvalue weighted by Gasteiger charge is -2.14. The van der Waals surface area contributed by atoms with Gasteiger partial charge in [-0.25, -0.2) is 4.79 Å². The number of methoxy groups -OCH3 is 1. The lowest BCUT2D eigenvalue weighted by molar-refractivity contribution is -0.144. The Hall–Kier alpha value is -0.680. The predicted molar refractivity (Wildman–Crippen MR) is 64.0 cm³/mol. The van der Waals surface area contributed by atoms with Gasteiger partial charge in [0.05, 0.1) is 7.11 Å². The van der Waals surface area contributed by atoms with E-state index in [1.54, 1.807) is 11.3 Å². The van der Waals surface area contributed by atoms with Crippen molar-refractivity contribution in [2.45, 2.75) is 33.2 Å². The van der Waals surface area contributed by atoms with Crippen molar-refractivity contribution in [3.8, 4) is 0 Å². The van der Waals surface area contributed by atoms with Crippen LogP contribution < -0.4 is 0 Å². The molecule has 0 aliphatic carbocycles. The van der Waals surface area contributed by atoms with E-state index in [1.807, 2.05) is 18.4 Å². The summed E-state index contributed by atoms with van der Waals surface area (Å²) in [5.74, 6) is -0.251. The maximum atomic E-state index is 11.5. The molecule has 1 unspecified atom stereocenters. The molecule has 0 N–H and O–H groups in total. The molecule has 3 nitrogen and oxygen atoms in total. The summed E-state index contributed by atoms with van der Waals surface area (Å²) >= 11 is 6.79. The van der Waals surface area contributed by atoms with Gasteiger partial charge < -0.3 is 9.30 Å². The van der Waals surface area contributed by atoms with Gasteiger partial charge >= 0.3 is 5.97 Å². The molecule has 1 heterocycles. The molecule has 1 atom stereocenters. The number of nitrogens with zero attached hydrogens (tertiary/aromatic N) is 1. The molecule has 84 valence electrons. The fraction of sp³-hybridized carbons (Fsp3) is 0.600. The fourth-order valence-electron chi connectivity index (χ4n) is 1.61. The van der Waals surface area contributed by atoms with Crippen LogP contribution in [0.5, 0.6) is 0 Å². The Bertz CT molecular complexity index is 420. The summed E-state index contributed by atoms with van der Waals surface area (Å²) in [6, 6.07) is -0.331. The number of thiazole rings is 1. The average Bonchev–Trinajstić information content (AvgIpc) is 2.50. The molecule has 1 aromatic rings. The van der Waals surface area contributed by atoms with Crippen LogP contribution in [0.2, 0.25) is 0 Å². The standard InChI is InChI=1S/C10H15NO2S2/c1-5-8-7(3)15-10(14)11(8)6(2)9(12)13-4/h6H,5H2,1-4H3. The molecular formula is C10H15NO2S2. The van der Waals surface area contributed by atoms with Crippen molar-refractivity contribution >= 4 is 29.5 Å². The minimum atomic E-state index is -0.331. The van der Waals surface area contributed by atoms with E-state index in [4.69, 9.17) is 17.0 Å². The third-order valence-corrected chi connectivity index (χ3v) is 3.76. The van der Waals surface area contributed by atoms with Gasteiger partial charge in [0.25, 0.3) is 0 Å². The lowest BCUT2D eigenvalue weighted by atomic mass is 10.2. The number of aryl methyl sites for hydroxylation is 1. The largest absolute Gasteiger partial charge is 0.467 e. The van der Waals surface area contributed by atoms with Gasteiger partial charge in [-0.2, -0.15) is 0 Å². The van der Waals surface area contributed by atoms with Crippen LogP contribution in [-0.2, 0) is 16.0 Å². The van der Waals surface area contributed by atoms with E-state index in [9.17, 15) is 4.79 Å². The molecule has 0 aliphatic heterocycles. The molecule has 5 heteroatoms. The Kier molecular flexibility index (Phi) is 4.04. The summed E-state index contributed by atoms with van der Waals surface area (Å²) in [7, 11) is 1.40. The highest BCUT2D eigenvalue weighted by Gasteiger charge is 2.20. The number of aromatic nitrogens is 1. The molecule has 0 amide bonds. The maximum Gasteiger partial charge on any atom is 0.328 e. The van der Waals surface area contributed by atoms with Gasteiger partial charge in [-0.1, -0.05) is 6.92 Å². The molecule has 0 saturated carbocycles. The van der Waals surface area contributed by atoms with E-state index in [0.29, 0.717) is 0 Å². The molecule has 0 bridgehead atoms. The van der Waals surface area contributed by atoms with Crippen molar-refractivity contribution in [3.05, 3.63) is 14.5 Å². The predicted octanol–water partition coefficient (Wildman–Crippen LogP) is 2.88. The molecule has 15 heavy (non-hydrogen) atoms. The zero-order valence-corrected chi connectivity index (χ0v) is 11.0. The van der Waals surface area contributed by atoms with E-state index in [0.717, 1.165) is 16.1 Å². The van der Waals surface area contributed by atoms with Gasteiger partial charge in [-0.3, -0.25) is 0 Å². The van der Waals surface area contributed by atoms with Crippen molar-refractivity contribution in [3.63, 3.8) is 0 Å². The topological polar surface area (TPSA) is 31.2 Å². The molecule has 0 aromatic carbocycles. The average molecular weight is 245 g/mol. The van der Waals surface area contributed by atoms with Gasteiger partial charge in [0.1, 0.15) is 6.04 Å². The molecular weight excluding hydrogens is 230 g/mol. The third-order valence-electron chi connectivity index (χ3n) is 2.40. The summed E-state index contributed by atoms with van der Waals surface area (Å²) in [4.78, 5) is 12.6. The van der Waals surface area contributed by atoms with Crippen molar-refractivity contribution in [2.24, 2.45) is 0 Å². The van der Waals surface area contributed by atoms with Crippen LogP contribution in [0.4, 0.5) is 0 Å². The monoisotopic (exact) mass is 245 g/mol. The van der Waals surface area contributed by atoms with Gasteiger partial charge in [0.15, 0.2) is 3.95 Å². The minimum Gasteiger partial charge on any atom is -0.467 e. The smallest absolute Gasteiger partial charge is 0.328 e. The Morgan fingerprint density at radius 1 is 1.67 bits per heavy atom. The quantitative estimate of drug-likeness (QED) is 0.606. The Morgan fingerprint density at radius 3 is 2.73 bits per heavy atom. The summed E-state index contributed by atoms with van der Waals surface area (Å²) in [5, 5.41) is 0. The summed E-state index contributed by atoms with van der Waals surface area (Å²) in [6.07, 6.45) is 0.875. The summed E-state index contributed by atoms with van der Waals surface area (Å²) in [5.41, 5.74) is 1.13. The number of carbonyl (C=O) groups is 1. The van der Waals surface area contributed by atoms with Crippen molar-refractivity contribution < 1.29 is 9.53 Å². The highest BCUT2D eigenvalue weighted by molar-refractivity contribution is 7.73. The Balaban J connectivity index is 3.24. The van der Waals surface area contributed by atoms with E-state index in [-0.39, 0.29) is 12.0 Å². The first kappa shape index (κ1) is 12.4. The number of carbonyl (C=O) groups excluding carboxylic acids is 1. The van der Waals surface area contributed by atoms with Crippen LogP contribution >= 0.6 is 23.6 Å². The number of hydrogen-bond acceptors (Lipinski definition) is 4. The number of hydrogen-bond donors (Lipinski definition) is 0. The third kappa shape index (κ3) is 2.29. The van der Waals surface area contributed by atoms with Gasteiger partial charge in [-0.15, -0.1) is 11.3 Å².